The Morgan fingerprint density at radius 1 is 0.897 bits per heavy atom. The molecule has 0 radical (unpaired) electrons. The van der Waals surface area contributed by atoms with Gasteiger partial charge in [-0.3, -0.25) is 4.79 Å². The van der Waals surface area contributed by atoms with E-state index in [-0.39, 0.29) is 33.6 Å². The number of carbonyl (C=O) groups is 1. The third kappa shape index (κ3) is 3.21. The van der Waals surface area contributed by atoms with E-state index in [1.165, 1.54) is 48.5 Å². The van der Waals surface area contributed by atoms with E-state index in [1.54, 1.807) is 0 Å². The fourth-order valence-corrected chi connectivity index (χ4v) is 3.32. The Morgan fingerprint density at radius 3 is 2.31 bits per heavy atom. The summed E-state index contributed by atoms with van der Waals surface area (Å²) in [6, 6.07) is 11.8. The van der Waals surface area contributed by atoms with Crippen LogP contribution in [0.4, 0.5) is 0 Å². The summed E-state index contributed by atoms with van der Waals surface area (Å²) in [6.07, 6.45) is 0. The number of carboxylic acids is 1. The number of phenols is 1. The summed E-state index contributed by atoms with van der Waals surface area (Å²) in [5.41, 5.74) is 0.0212. The lowest BCUT2D eigenvalue weighted by molar-refractivity contribution is -0.323. The first-order valence-corrected chi connectivity index (χ1v) is 8.40. The Morgan fingerprint density at radius 2 is 1.62 bits per heavy atom. The molecule has 0 fully saturated rings. The van der Waals surface area contributed by atoms with Gasteiger partial charge in [0.25, 0.3) is 0 Å². The van der Waals surface area contributed by atoms with Gasteiger partial charge in [-0.1, -0.05) is 6.07 Å². The smallest absolute Gasteiger partial charge is 0.335 e. The predicted octanol–water partition coefficient (Wildman–Crippen LogP) is 2.06. The molecule has 0 saturated carbocycles. The maximum Gasteiger partial charge on any atom is 0.335 e. The quantitative estimate of drug-likeness (QED) is 0.262. The summed E-state index contributed by atoms with van der Waals surface area (Å²) in [6.45, 7) is 0. The topological polar surface area (TPSA) is 148 Å². The molecule has 0 bridgehead atoms. The van der Waals surface area contributed by atoms with E-state index in [1.807, 2.05) is 0 Å². The van der Waals surface area contributed by atoms with Gasteiger partial charge in [-0.25, -0.2) is 4.79 Å². The van der Waals surface area contributed by atoms with Crippen molar-refractivity contribution in [3.8, 4) is 28.2 Å². The highest BCUT2D eigenvalue weighted by molar-refractivity contribution is 6.03. The number of aromatic carboxylic acids is 1. The van der Waals surface area contributed by atoms with Crippen LogP contribution in [0.5, 0.6) is 5.75 Å². The van der Waals surface area contributed by atoms with Crippen LogP contribution in [0, 0.1) is 0 Å². The number of aliphatic hydroxyl groups is 3. The van der Waals surface area contributed by atoms with Gasteiger partial charge in [-0.2, -0.15) is 0 Å². The zero-order valence-corrected chi connectivity index (χ0v) is 14.7. The third-order valence-electron chi connectivity index (χ3n) is 4.57. The number of hydrogen-bond acceptors (Lipinski definition) is 7. The number of rotatable bonds is 3. The van der Waals surface area contributed by atoms with E-state index < -0.39 is 17.5 Å². The Kier molecular flexibility index (Phi) is 4.12. The molecule has 1 heterocycles. The molecular formula is C21H14O8. The molecule has 0 aromatic heterocycles. The highest BCUT2D eigenvalue weighted by Gasteiger charge is 2.30. The van der Waals surface area contributed by atoms with Crippen molar-refractivity contribution >= 4 is 16.9 Å². The summed E-state index contributed by atoms with van der Waals surface area (Å²) >= 11 is 0. The van der Waals surface area contributed by atoms with Gasteiger partial charge >= 0.3 is 11.9 Å². The van der Waals surface area contributed by atoms with Crippen LogP contribution in [-0.2, 0) is 5.97 Å². The SMILES string of the molecule is O=C(O)c1ccc(-c2c3ccc(=O)cc-3oc3cc(O)ccc23)c(C(O)(O)O)c1. The van der Waals surface area contributed by atoms with E-state index >= 15 is 0 Å². The number of carboxylic acid groups (broad SMARTS) is 1. The Hall–Kier alpha value is -3.72. The lowest BCUT2D eigenvalue weighted by Crippen LogP contribution is -2.25. The zero-order chi connectivity index (χ0) is 20.9. The monoisotopic (exact) mass is 394 g/mol. The first-order chi connectivity index (χ1) is 13.6. The fourth-order valence-electron chi connectivity index (χ4n) is 3.32. The molecule has 8 heteroatoms. The number of benzene rings is 3. The van der Waals surface area contributed by atoms with Crippen molar-refractivity contribution < 1.29 is 34.7 Å². The second kappa shape index (κ2) is 6.42. The second-order valence-corrected chi connectivity index (χ2v) is 6.52. The van der Waals surface area contributed by atoms with E-state index in [0.717, 1.165) is 6.07 Å². The molecule has 2 aliphatic rings. The highest BCUT2D eigenvalue weighted by atomic mass is 16.7. The van der Waals surface area contributed by atoms with Crippen molar-refractivity contribution in [1.82, 2.24) is 0 Å². The Bertz CT molecular complexity index is 1300. The van der Waals surface area contributed by atoms with E-state index in [0.29, 0.717) is 16.5 Å². The van der Waals surface area contributed by atoms with Crippen LogP contribution in [0.3, 0.4) is 0 Å². The summed E-state index contributed by atoms with van der Waals surface area (Å²) in [4.78, 5) is 23.1. The molecule has 2 aromatic carbocycles. The van der Waals surface area contributed by atoms with Crippen molar-refractivity contribution in [3.63, 3.8) is 0 Å². The Labute approximate surface area is 162 Å². The van der Waals surface area contributed by atoms with Gasteiger partial charge in [0.2, 0.25) is 0 Å². The van der Waals surface area contributed by atoms with Gasteiger partial charge in [0, 0.05) is 34.2 Å². The van der Waals surface area contributed by atoms with Gasteiger partial charge in [-0.15, -0.1) is 0 Å². The second-order valence-electron chi connectivity index (χ2n) is 6.52. The predicted molar refractivity (Wildman–Crippen MR) is 102 cm³/mol. The molecule has 4 rings (SSSR count). The van der Waals surface area contributed by atoms with Crippen molar-refractivity contribution in [3.05, 3.63) is 75.9 Å². The normalized spacial score (nSPS) is 11.8. The molecule has 1 aliphatic heterocycles. The molecule has 29 heavy (non-hydrogen) atoms. The maximum absolute atomic E-state index is 11.8. The molecule has 146 valence electrons. The Balaban J connectivity index is 2.18. The van der Waals surface area contributed by atoms with Crippen LogP contribution in [0.2, 0.25) is 0 Å². The average molecular weight is 394 g/mol. The molecule has 0 amide bonds. The van der Waals surface area contributed by atoms with Gasteiger partial charge < -0.3 is 29.9 Å². The van der Waals surface area contributed by atoms with Crippen LogP contribution in [-0.4, -0.2) is 31.5 Å². The maximum atomic E-state index is 11.8. The van der Waals surface area contributed by atoms with Gasteiger partial charge in [0.15, 0.2) is 5.43 Å². The third-order valence-corrected chi connectivity index (χ3v) is 4.57. The van der Waals surface area contributed by atoms with Crippen molar-refractivity contribution in [1.29, 1.82) is 0 Å². The van der Waals surface area contributed by atoms with Gasteiger partial charge in [0.05, 0.1) is 5.56 Å². The van der Waals surface area contributed by atoms with Crippen LogP contribution in [0.15, 0.2) is 63.8 Å². The molecule has 0 unspecified atom stereocenters. The van der Waals surface area contributed by atoms with Gasteiger partial charge in [0.1, 0.15) is 17.1 Å². The molecule has 5 N–H and O–H groups in total. The molecule has 0 atom stereocenters. The number of phenolic OH excluding ortho intramolecular Hbond substituents is 1. The number of fused-ring (bicyclic) bond motifs is 2. The average Bonchev–Trinajstić information content (AvgIpc) is 2.64. The van der Waals surface area contributed by atoms with Crippen LogP contribution in [0.1, 0.15) is 15.9 Å². The van der Waals surface area contributed by atoms with Crippen LogP contribution < -0.4 is 5.43 Å². The molecule has 1 aliphatic carbocycles. The van der Waals surface area contributed by atoms with Gasteiger partial charge in [-0.05, 0) is 42.0 Å². The minimum absolute atomic E-state index is 0.0906. The summed E-state index contributed by atoms with van der Waals surface area (Å²) in [5, 5.41) is 49.1. The van der Waals surface area contributed by atoms with Crippen LogP contribution >= 0.6 is 0 Å². The highest BCUT2D eigenvalue weighted by Crippen LogP contribution is 2.43. The molecule has 0 saturated heterocycles. The minimum atomic E-state index is -3.33. The standard InChI is InChI=1S/C21H14O8/c22-11-2-5-14-17(8-11)29-18-9-12(23)3-6-15(18)19(14)13-4-1-10(20(24)25)7-16(13)21(26,27)28/h1-9,22,26-28H,(H,24,25). The molecule has 0 spiro atoms. The molecule has 2 aromatic rings. The summed E-state index contributed by atoms with van der Waals surface area (Å²) < 4.78 is 5.72. The molecular weight excluding hydrogens is 380 g/mol. The van der Waals surface area contributed by atoms with Crippen molar-refractivity contribution in [2.75, 3.05) is 0 Å². The molecule has 8 nitrogen and oxygen atoms in total. The van der Waals surface area contributed by atoms with E-state index in [4.69, 9.17) is 4.42 Å². The number of aromatic hydroxyl groups is 1. The minimum Gasteiger partial charge on any atom is -0.508 e. The first kappa shape index (κ1) is 18.6. The van der Waals surface area contributed by atoms with Crippen molar-refractivity contribution in [2.45, 2.75) is 5.97 Å². The number of hydrogen-bond donors (Lipinski definition) is 5. The fraction of sp³-hybridized carbons (Fsp3) is 0.0476. The lowest BCUT2D eigenvalue weighted by atomic mass is 9.89. The first-order valence-electron chi connectivity index (χ1n) is 8.40. The summed E-state index contributed by atoms with van der Waals surface area (Å²) in [5.74, 6) is -4.58. The largest absolute Gasteiger partial charge is 0.508 e. The lowest BCUT2D eigenvalue weighted by Gasteiger charge is -2.22. The van der Waals surface area contributed by atoms with Crippen molar-refractivity contribution in [2.24, 2.45) is 0 Å². The van der Waals surface area contributed by atoms with E-state index in [2.05, 4.69) is 0 Å². The summed E-state index contributed by atoms with van der Waals surface area (Å²) in [7, 11) is 0. The van der Waals surface area contributed by atoms with Crippen LogP contribution in [0.25, 0.3) is 33.4 Å². The van der Waals surface area contributed by atoms with E-state index in [9.17, 15) is 35.1 Å². The zero-order valence-electron chi connectivity index (χ0n) is 14.7.